The zero-order valence-corrected chi connectivity index (χ0v) is 9.19. The molecule has 0 saturated carbocycles. The molecule has 2 aromatic rings. The molecule has 0 bridgehead atoms. The quantitative estimate of drug-likeness (QED) is 0.312. The molecule has 0 saturated heterocycles. The van der Waals surface area contributed by atoms with Crippen molar-refractivity contribution in [2.24, 2.45) is 0 Å². The van der Waals surface area contributed by atoms with E-state index in [1.165, 1.54) is 23.7 Å². The number of benzene rings is 1. The third kappa shape index (κ3) is 1.83. The van der Waals surface area contributed by atoms with Crippen LogP contribution in [0.5, 0.6) is 0 Å². The minimum absolute atomic E-state index is 0.0949. The van der Waals surface area contributed by atoms with Gasteiger partial charge in [-0.2, -0.15) is 0 Å². The molecule has 88 valence electrons. The molecule has 17 heavy (non-hydrogen) atoms. The van der Waals surface area contributed by atoms with Crippen molar-refractivity contribution < 1.29 is 10.0 Å². The highest BCUT2D eigenvalue weighted by atomic mass is 32.1. The monoisotopic (exact) mass is 253 g/mol. The predicted octanol–water partition coefficient (Wildman–Crippen LogP) is -0.498. The van der Waals surface area contributed by atoms with E-state index in [0.717, 1.165) is 0 Å². The van der Waals surface area contributed by atoms with E-state index in [0.29, 0.717) is 9.49 Å². The van der Waals surface area contributed by atoms with Crippen LogP contribution in [-0.2, 0) is 0 Å². The van der Waals surface area contributed by atoms with Crippen molar-refractivity contribution >= 4 is 29.6 Å². The Hall–Kier alpha value is -2.06. The molecular formula is C9H7N3O4S. The van der Waals surface area contributed by atoms with Crippen LogP contribution in [0.15, 0.2) is 27.8 Å². The molecule has 2 rings (SSSR count). The Bertz CT molecular complexity index is 718. The van der Waals surface area contributed by atoms with Crippen LogP contribution in [0.2, 0.25) is 0 Å². The summed E-state index contributed by atoms with van der Waals surface area (Å²) in [6.45, 7) is 0. The summed E-state index contributed by atoms with van der Waals surface area (Å²) >= 11 is 3.71. The standard InChI is InChI=1S/C9H7N3O4S/c13-7(11-16)4-1-2-6-5(3-4)8(14)12(17)9(15)10-6/h1-3,16-17H,(H,10,15)(H,11,13). The maximum absolute atomic E-state index is 11.7. The van der Waals surface area contributed by atoms with Crippen LogP contribution in [0, 0.1) is 0 Å². The second kappa shape index (κ2) is 4.07. The molecule has 1 amide bonds. The first kappa shape index (κ1) is 11.4. The summed E-state index contributed by atoms with van der Waals surface area (Å²) in [7, 11) is 0. The number of carbonyl (C=O) groups is 1. The molecule has 7 nitrogen and oxygen atoms in total. The Labute approximate surface area is 99.2 Å². The van der Waals surface area contributed by atoms with Gasteiger partial charge in [0.2, 0.25) is 0 Å². The molecule has 0 atom stereocenters. The van der Waals surface area contributed by atoms with Crippen LogP contribution < -0.4 is 16.7 Å². The van der Waals surface area contributed by atoms with Gasteiger partial charge in [-0.05, 0) is 18.2 Å². The number of thiol groups is 1. The fraction of sp³-hybridized carbons (Fsp3) is 0. The Morgan fingerprint density at radius 3 is 2.76 bits per heavy atom. The van der Waals surface area contributed by atoms with Crippen molar-refractivity contribution in [3.63, 3.8) is 0 Å². The number of rotatable bonds is 1. The maximum Gasteiger partial charge on any atom is 0.338 e. The Balaban J connectivity index is 2.82. The van der Waals surface area contributed by atoms with Crippen LogP contribution in [0.1, 0.15) is 10.4 Å². The van der Waals surface area contributed by atoms with Crippen LogP contribution in [0.3, 0.4) is 0 Å². The van der Waals surface area contributed by atoms with Crippen molar-refractivity contribution in [2.45, 2.75) is 0 Å². The molecule has 0 aliphatic carbocycles. The van der Waals surface area contributed by atoms with Crippen molar-refractivity contribution in [2.75, 3.05) is 0 Å². The average molecular weight is 253 g/mol. The summed E-state index contributed by atoms with van der Waals surface area (Å²) in [4.78, 5) is 36.5. The first-order chi connectivity index (χ1) is 8.04. The Morgan fingerprint density at radius 2 is 2.12 bits per heavy atom. The number of fused-ring (bicyclic) bond motifs is 1. The fourth-order valence-corrected chi connectivity index (χ4v) is 1.57. The lowest BCUT2D eigenvalue weighted by atomic mass is 10.1. The highest BCUT2D eigenvalue weighted by Crippen LogP contribution is 2.09. The van der Waals surface area contributed by atoms with Crippen LogP contribution in [0.4, 0.5) is 0 Å². The number of hydroxylamine groups is 1. The molecule has 3 N–H and O–H groups in total. The van der Waals surface area contributed by atoms with Gasteiger partial charge in [0.15, 0.2) is 0 Å². The molecule has 0 radical (unpaired) electrons. The highest BCUT2D eigenvalue weighted by molar-refractivity contribution is 7.78. The highest BCUT2D eigenvalue weighted by Gasteiger charge is 2.09. The number of carbonyl (C=O) groups excluding carboxylic acids is 1. The zero-order chi connectivity index (χ0) is 12.6. The first-order valence-electron chi connectivity index (χ1n) is 4.47. The summed E-state index contributed by atoms with van der Waals surface area (Å²) in [5.74, 6) is -0.747. The fourth-order valence-electron chi connectivity index (χ4n) is 1.41. The third-order valence-electron chi connectivity index (χ3n) is 2.24. The van der Waals surface area contributed by atoms with Crippen molar-refractivity contribution in [1.82, 2.24) is 14.4 Å². The topological polar surface area (TPSA) is 104 Å². The molecule has 1 heterocycles. The number of aromatic nitrogens is 2. The smallest absolute Gasteiger partial charge is 0.306 e. The number of H-pyrrole nitrogens is 1. The number of aromatic amines is 1. The molecule has 0 spiro atoms. The summed E-state index contributed by atoms with van der Waals surface area (Å²) < 4.78 is 0.600. The van der Waals surface area contributed by atoms with Gasteiger partial charge >= 0.3 is 5.69 Å². The summed E-state index contributed by atoms with van der Waals surface area (Å²) in [5.41, 5.74) is 0.538. The number of hydrogen-bond donors (Lipinski definition) is 4. The summed E-state index contributed by atoms with van der Waals surface area (Å²) in [5, 5.41) is 8.60. The van der Waals surface area contributed by atoms with Crippen molar-refractivity contribution in [1.29, 1.82) is 0 Å². The largest absolute Gasteiger partial charge is 0.338 e. The van der Waals surface area contributed by atoms with E-state index >= 15 is 0 Å². The average Bonchev–Trinajstić information content (AvgIpc) is 2.35. The lowest BCUT2D eigenvalue weighted by Gasteiger charge is -2.02. The number of amides is 1. The lowest BCUT2D eigenvalue weighted by Crippen LogP contribution is -2.29. The van der Waals surface area contributed by atoms with Gasteiger partial charge < -0.3 is 4.98 Å². The molecule has 0 unspecified atom stereocenters. The second-order valence-corrected chi connectivity index (χ2v) is 3.65. The Kier molecular flexibility index (Phi) is 2.74. The van der Waals surface area contributed by atoms with Gasteiger partial charge in [-0.25, -0.2) is 14.2 Å². The van der Waals surface area contributed by atoms with Crippen LogP contribution >= 0.6 is 12.8 Å². The van der Waals surface area contributed by atoms with Gasteiger partial charge in [0.1, 0.15) is 0 Å². The number of hydrogen-bond acceptors (Lipinski definition) is 5. The van der Waals surface area contributed by atoms with E-state index in [-0.39, 0.29) is 10.9 Å². The SMILES string of the molecule is O=C(NO)c1ccc2[nH]c(=O)n(S)c(=O)c2c1. The normalized spacial score (nSPS) is 10.5. The first-order valence-corrected chi connectivity index (χ1v) is 4.87. The van der Waals surface area contributed by atoms with Gasteiger partial charge in [-0.3, -0.25) is 14.8 Å². The van der Waals surface area contributed by atoms with Gasteiger partial charge in [0.25, 0.3) is 11.5 Å². The van der Waals surface area contributed by atoms with E-state index in [2.05, 4.69) is 17.8 Å². The van der Waals surface area contributed by atoms with E-state index < -0.39 is 17.2 Å². The van der Waals surface area contributed by atoms with Gasteiger partial charge in [0, 0.05) is 5.56 Å². The van der Waals surface area contributed by atoms with Crippen LogP contribution in [0.25, 0.3) is 10.9 Å². The van der Waals surface area contributed by atoms with Crippen molar-refractivity contribution in [3.05, 3.63) is 44.6 Å². The minimum atomic E-state index is -0.747. The van der Waals surface area contributed by atoms with Gasteiger partial charge in [-0.15, -0.1) is 0 Å². The van der Waals surface area contributed by atoms with Crippen LogP contribution in [-0.4, -0.2) is 20.1 Å². The molecule has 0 aliphatic rings. The van der Waals surface area contributed by atoms with Gasteiger partial charge in [0.05, 0.1) is 10.9 Å². The predicted molar refractivity (Wildman–Crippen MR) is 62.5 cm³/mol. The van der Waals surface area contributed by atoms with E-state index in [1.54, 1.807) is 0 Å². The summed E-state index contributed by atoms with van der Waals surface area (Å²) in [6.07, 6.45) is 0. The van der Waals surface area contributed by atoms with Crippen molar-refractivity contribution in [3.8, 4) is 0 Å². The molecule has 8 heteroatoms. The molecule has 0 aliphatic heterocycles. The van der Waals surface area contributed by atoms with Gasteiger partial charge in [-0.1, -0.05) is 12.8 Å². The zero-order valence-electron chi connectivity index (χ0n) is 8.30. The lowest BCUT2D eigenvalue weighted by molar-refractivity contribution is 0.0706. The maximum atomic E-state index is 11.7. The number of nitrogens with zero attached hydrogens (tertiary/aromatic N) is 1. The number of nitrogens with one attached hydrogen (secondary N) is 2. The third-order valence-corrected chi connectivity index (χ3v) is 2.60. The minimum Gasteiger partial charge on any atom is -0.306 e. The summed E-state index contributed by atoms with van der Waals surface area (Å²) in [6, 6.07) is 4.02. The van der Waals surface area contributed by atoms with E-state index in [4.69, 9.17) is 5.21 Å². The molecule has 1 aromatic carbocycles. The Morgan fingerprint density at radius 1 is 1.41 bits per heavy atom. The molecule has 0 fully saturated rings. The van der Waals surface area contributed by atoms with E-state index in [9.17, 15) is 14.4 Å². The molecular weight excluding hydrogens is 246 g/mol. The molecule has 1 aromatic heterocycles. The second-order valence-electron chi connectivity index (χ2n) is 3.25. The van der Waals surface area contributed by atoms with E-state index in [1.807, 2.05) is 0 Å².